The molecule has 3 nitrogen and oxygen atoms in total. The van der Waals surface area contributed by atoms with Crippen LogP contribution in [0.25, 0.3) is 0 Å². The predicted molar refractivity (Wildman–Crippen MR) is 137 cm³/mol. The summed E-state index contributed by atoms with van der Waals surface area (Å²) in [4.78, 5) is 0. The largest absolute Gasteiger partial charge is 0.324 e. The summed E-state index contributed by atoms with van der Waals surface area (Å²) >= 11 is 0. The van der Waals surface area contributed by atoms with Crippen LogP contribution in [0, 0.1) is 40.9 Å². The molecule has 0 aliphatic rings. The zero-order valence-corrected chi connectivity index (χ0v) is 23.9. The first-order valence-corrected chi connectivity index (χ1v) is 13.8. The van der Waals surface area contributed by atoms with Crippen LogP contribution in [0.4, 0.5) is 22.0 Å². The Balaban J connectivity index is 3.31. The van der Waals surface area contributed by atoms with Gasteiger partial charge in [0.2, 0.25) is 5.82 Å². The molecule has 0 aliphatic heterocycles. The molecular formula is C29H47F5O3. The Labute approximate surface area is 220 Å². The molecule has 216 valence electrons. The fourth-order valence-electron chi connectivity index (χ4n) is 4.71. The summed E-state index contributed by atoms with van der Waals surface area (Å²) in [6.07, 6.45) is 6.41. The fourth-order valence-corrected chi connectivity index (χ4v) is 4.71. The maximum Gasteiger partial charge on any atom is 0.286 e. The zero-order chi connectivity index (χ0) is 28.3. The van der Waals surface area contributed by atoms with Crippen molar-refractivity contribution in [2.45, 2.75) is 137 Å². The number of rotatable bonds is 18. The van der Waals surface area contributed by atoms with Crippen LogP contribution in [0.3, 0.4) is 0 Å². The molecule has 0 spiro atoms. The molecule has 37 heavy (non-hydrogen) atoms. The van der Waals surface area contributed by atoms with E-state index in [1.807, 2.05) is 41.5 Å². The second-order valence-corrected chi connectivity index (χ2v) is 11.0. The molecule has 2 atom stereocenters. The quantitative estimate of drug-likeness (QED) is 0.0613. The molecule has 0 saturated heterocycles. The van der Waals surface area contributed by atoms with Crippen LogP contribution in [-0.4, -0.2) is 24.3 Å². The van der Waals surface area contributed by atoms with E-state index < -0.39 is 46.5 Å². The molecule has 1 aromatic carbocycles. The molecule has 1 aromatic rings. The molecule has 8 heteroatoms. The minimum absolute atomic E-state index is 0.241. The third-order valence-electron chi connectivity index (χ3n) is 6.15. The lowest BCUT2D eigenvalue weighted by molar-refractivity contribution is -0.434. The van der Waals surface area contributed by atoms with Gasteiger partial charge in [-0.15, -0.1) is 0 Å². The van der Waals surface area contributed by atoms with Crippen molar-refractivity contribution < 1.29 is 36.2 Å². The molecule has 0 saturated carbocycles. The molecule has 2 unspecified atom stereocenters. The topological polar surface area (TPSA) is 27.7 Å². The van der Waals surface area contributed by atoms with E-state index in [2.05, 4.69) is 6.92 Å². The van der Waals surface area contributed by atoms with Gasteiger partial charge >= 0.3 is 0 Å². The summed E-state index contributed by atoms with van der Waals surface area (Å²) in [5, 5.41) is 0. The Kier molecular flexibility index (Phi) is 14.6. The molecule has 0 radical (unpaired) electrons. The molecule has 0 fully saturated rings. The normalized spacial score (nSPS) is 14.3. The van der Waals surface area contributed by atoms with E-state index in [-0.39, 0.29) is 30.7 Å². The third kappa shape index (κ3) is 10.4. The Hall–Kier alpha value is -1.25. The number of benzene rings is 1. The number of hydrogen-bond acceptors (Lipinski definition) is 3. The standard InChI is InChI=1S/C29H47F5O3/c1-9-10-11-12-13-14-15-22(29(35-18(2)3,36-19(4)5)37-20(6)7)16-21(8)17-23-24(30)26(32)28(34)27(33)25(23)31/h18-22H,9-17H2,1-8H3. The zero-order valence-electron chi connectivity index (χ0n) is 23.9. The molecule has 0 aromatic heterocycles. The summed E-state index contributed by atoms with van der Waals surface area (Å²) in [6.45, 7) is 15.2. The molecule has 0 heterocycles. The van der Waals surface area contributed by atoms with Gasteiger partial charge in [0.05, 0.1) is 18.3 Å². The van der Waals surface area contributed by atoms with Gasteiger partial charge < -0.3 is 14.2 Å². The third-order valence-corrected chi connectivity index (χ3v) is 6.15. The highest BCUT2D eigenvalue weighted by atomic mass is 19.2. The van der Waals surface area contributed by atoms with Crippen LogP contribution >= 0.6 is 0 Å². The minimum Gasteiger partial charge on any atom is -0.324 e. The Morgan fingerprint density at radius 2 is 1.00 bits per heavy atom. The minimum atomic E-state index is -2.15. The van der Waals surface area contributed by atoms with E-state index in [1.165, 1.54) is 6.42 Å². The first kappa shape index (κ1) is 33.8. The monoisotopic (exact) mass is 538 g/mol. The molecule has 1 rings (SSSR count). The second-order valence-electron chi connectivity index (χ2n) is 11.0. The first-order chi connectivity index (χ1) is 17.3. The highest BCUT2D eigenvalue weighted by molar-refractivity contribution is 5.24. The fraction of sp³-hybridized carbons (Fsp3) is 0.793. The molecule has 0 amide bonds. The van der Waals surface area contributed by atoms with Crippen LogP contribution in [-0.2, 0) is 20.6 Å². The van der Waals surface area contributed by atoms with Crippen LogP contribution in [0.5, 0.6) is 0 Å². The number of halogens is 5. The van der Waals surface area contributed by atoms with Gasteiger partial charge in [-0.3, -0.25) is 0 Å². The molecule has 0 aliphatic carbocycles. The highest BCUT2D eigenvalue weighted by Gasteiger charge is 2.45. The van der Waals surface area contributed by atoms with Crippen molar-refractivity contribution in [2.24, 2.45) is 11.8 Å². The highest BCUT2D eigenvalue weighted by Crippen LogP contribution is 2.39. The van der Waals surface area contributed by atoms with E-state index in [1.54, 1.807) is 6.92 Å². The van der Waals surface area contributed by atoms with E-state index in [4.69, 9.17) is 14.2 Å². The van der Waals surface area contributed by atoms with Crippen molar-refractivity contribution in [2.75, 3.05) is 0 Å². The maximum atomic E-state index is 14.4. The van der Waals surface area contributed by atoms with Gasteiger partial charge in [0, 0.05) is 11.5 Å². The summed E-state index contributed by atoms with van der Waals surface area (Å²) in [5.41, 5.74) is -0.799. The summed E-state index contributed by atoms with van der Waals surface area (Å²) < 4.78 is 88.9. The number of ether oxygens (including phenoxy) is 3. The Morgan fingerprint density at radius 1 is 0.595 bits per heavy atom. The van der Waals surface area contributed by atoms with E-state index in [9.17, 15) is 22.0 Å². The van der Waals surface area contributed by atoms with Crippen LogP contribution < -0.4 is 0 Å². The molecule has 0 N–H and O–H groups in total. The lowest BCUT2D eigenvalue weighted by atomic mass is 9.85. The van der Waals surface area contributed by atoms with Crippen molar-refractivity contribution in [3.63, 3.8) is 0 Å². The van der Waals surface area contributed by atoms with Gasteiger partial charge in [-0.25, -0.2) is 22.0 Å². The summed E-state index contributed by atoms with van der Waals surface area (Å²) in [7, 11) is 0. The lowest BCUT2D eigenvalue weighted by Gasteiger charge is -2.44. The SMILES string of the molecule is CCCCCCCCC(CC(C)Cc1c(F)c(F)c(F)c(F)c1F)C(OC(C)C)(OC(C)C)OC(C)C. The molecular weight excluding hydrogens is 491 g/mol. The predicted octanol–water partition coefficient (Wildman–Crippen LogP) is 9.25. The maximum absolute atomic E-state index is 14.4. The van der Waals surface area contributed by atoms with Crippen LogP contribution in [0.1, 0.15) is 112 Å². The molecule has 0 bridgehead atoms. The van der Waals surface area contributed by atoms with Gasteiger partial charge in [0.25, 0.3) is 5.97 Å². The van der Waals surface area contributed by atoms with Crippen LogP contribution in [0.2, 0.25) is 0 Å². The van der Waals surface area contributed by atoms with E-state index in [0.29, 0.717) is 12.8 Å². The van der Waals surface area contributed by atoms with Crippen molar-refractivity contribution in [3.05, 3.63) is 34.6 Å². The average molecular weight is 539 g/mol. The average Bonchev–Trinajstić information content (AvgIpc) is 2.79. The van der Waals surface area contributed by atoms with Gasteiger partial charge in [-0.05, 0) is 66.7 Å². The van der Waals surface area contributed by atoms with Crippen molar-refractivity contribution in [3.8, 4) is 0 Å². The first-order valence-electron chi connectivity index (χ1n) is 13.8. The van der Waals surface area contributed by atoms with Crippen molar-refractivity contribution in [1.82, 2.24) is 0 Å². The number of hydrogen-bond donors (Lipinski definition) is 0. The van der Waals surface area contributed by atoms with Gasteiger partial charge in [-0.2, -0.15) is 0 Å². The Bertz CT molecular complexity index is 758. The second kappa shape index (κ2) is 16.0. The van der Waals surface area contributed by atoms with Gasteiger partial charge in [0.1, 0.15) is 0 Å². The summed E-state index contributed by atoms with van der Waals surface area (Å²) in [6, 6.07) is 0. The van der Waals surface area contributed by atoms with Crippen LogP contribution in [0.15, 0.2) is 0 Å². The van der Waals surface area contributed by atoms with E-state index >= 15 is 0 Å². The summed E-state index contributed by atoms with van der Waals surface area (Å²) in [5.74, 6) is -11.7. The Morgan fingerprint density at radius 3 is 1.43 bits per heavy atom. The van der Waals surface area contributed by atoms with Gasteiger partial charge in [-0.1, -0.05) is 52.4 Å². The van der Waals surface area contributed by atoms with Crippen molar-refractivity contribution in [1.29, 1.82) is 0 Å². The number of unbranched alkanes of at least 4 members (excludes halogenated alkanes) is 5. The lowest BCUT2D eigenvalue weighted by Crippen LogP contribution is -2.51. The smallest absolute Gasteiger partial charge is 0.286 e. The van der Waals surface area contributed by atoms with Gasteiger partial charge in [0.15, 0.2) is 23.3 Å². The van der Waals surface area contributed by atoms with Crippen molar-refractivity contribution >= 4 is 0 Å². The van der Waals surface area contributed by atoms with E-state index in [0.717, 1.165) is 32.1 Å².